The Balaban J connectivity index is 2.11. The van der Waals surface area contributed by atoms with Crippen molar-refractivity contribution in [2.45, 2.75) is 38.1 Å². The fourth-order valence-electron chi connectivity index (χ4n) is 2.77. The Labute approximate surface area is 129 Å². The Hall–Kier alpha value is -1.35. The summed E-state index contributed by atoms with van der Waals surface area (Å²) in [4.78, 5) is 15.4. The van der Waals surface area contributed by atoms with E-state index in [0.717, 1.165) is 30.6 Å². The molecule has 0 aliphatic heterocycles. The van der Waals surface area contributed by atoms with E-state index in [1.54, 1.807) is 0 Å². The Bertz CT molecular complexity index is 524. The minimum atomic E-state index is 0.00616. The summed E-state index contributed by atoms with van der Waals surface area (Å²) in [6.07, 6.45) is 5.65. The van der Waals surface area contributed by atoms with E-state index in [0.29, 0.717) is 18.7 Å². The average molecular weight is 306 g/mol. The lowest BCUT2D eigenvalue weighted by Gasteiger charge is -2.33. The Kier molecular flexibility index (Phi) is 6.24. The van der Waals surface area contributed by atoms with Gasteiger partial charge in [0, 0.05) is 18.0 Å². The van der Waals surface area contributed by atoms with Crippen LogP contribution in [0.3, 0.4) is 0 Å². The maximum Gasteiger partial charge on any atom is 0.255 e. The molecule has 0 saturated heterocycles. The summed E-state index contributed by atoms with van der Waals surface area (Å²) in [5.74, 6) is 5.76. The number of carbonyl (C=O) groups is 1. The van der Waals surface area contributed by atoms with Crippen LogP contribution in [0.15, 0.2) is 11.4 Å². The lowest BCUT2D eigenvalue weighted by Crippen LogP contribution is -2.43. The van der Waals surface area contributed by atoms with Crippen LogP contribution < -0.4 is 5.73 Å². The predicted molar refractivity (Wildman–Crippen MR) is 85.2 cm³/mol. The Morgan fingerprint density at radius 1 is 1.43 bits per heavy atom. The molecule has 1 aromatic rings. The topological polar surface area (TPSA) is 66.6 Å². The highest BCUT2D eigenvalue weighted by molar-refractivity contribution is 7.10. The number of rotatable bonds is 4. The highest BCUT2D eigenvalue weighted by Gasteiger charge is 2.26. The van der Waals surface area contributed by atoms with E-state index in [9.17, 15) is 9.90 Å². The zero-order chi connectivity index (χ0) is 15.1. The number of aliphatic hydroxyl groups excluding tert-OH is 1. The van der Waals surface area contributed by atoms with Gasteiger partial charge in [-0.15, -0.1) is 11.3 Å². The zero-order valence-corrected chi connectivity index (χ0v) is 13.0. The standard InChI is InChI=1S/C16H22N2O2S/c17-8-4-7-15-11-13(12-21-15)16(20)18(9-10-19)14-5-2-1-3-6-14/h11-12,14,19H,1-3,5-6,8-10,17H2. The van der Waals surface area contributed by atoms with Gasteiger partial charge in [0.05, 0.1) is 23.6 Å². The van der Waals surface area contributed by atoms with Crippen LogP contribution in [0.25, 0.3) is 0 Å². The second-order valence-electron chi connectivity index (χ2n) is 5.22. The summed E-state index contributed by atoms with van der Waals surface area (Å²) >= 11 is 1.46. The number of thiophene rings is 1. The molecule has 1 fully saturated rings. The summed E-state index contributed by atoms with van der Waals surface area (Å²) in [5, 5.41) is 11.1. The molecule has 4 nitrogen and oxygen atoms in total. The van der Waals surface area contributed by atoms with Gasteiger partial charge in [0.25, 0.3) is 5.91 Å². The fourth-order valence-corrected chi connectivity index (χ4v) is 3.52. The van der Waals surface area contributed by atoms with Crippen molar-refractivity contribution in [2.24, 2.45) is 5.73 Å². The minimum Gasteiger partial charge on any atom is -0.395 e. The number of carbonyl (C=O) groups excluding carboxylic acids is 1. The molecule has 1 saturated carbocycles. The summed E-state index contributed by atoms with van der Waals surface area (Å²) in [7, 11) is 0. The summed E-state index contributed by atoms with van der Waals surface area (Å²) in [6.45, 7) is 0.731. The van der Waals surface area contributed by atoms with E-state index in [-0.39, 0.29) is 18.6 Å². The second kappa shape index (κ2) is 8.18. The van der Waals surface area contributed by atoms with Crippen LogP contribution in [0.5, 0.6) is 0 Å². The summed E-state index contributed by atoms with van der Waals surface area (Å²) in [6, 6.07) is 2.08. The van der Waals surface area contributed by atoms with Crippen molar-refractivity contribution in [3.63, 3.8) is 0 Å². The molecule has 21 heavy (non-hydrogen) atoms. The van der Waals surface area contributed by atoms with Gasteiger partial charge in [-0.25, -0.2) is 0 Å². The molecule has 1 amide bonds. The van der Waals surface area contributed by atoms with Crippen molar-refractivity contribution >= 4 is 17.2 Å². The third-order valence-corrected chi connectivity index (χ3v) is 4.62. The molecule has 0 atom stereocenters. The monoisotopic (exact) mass is 306 g/mol. The molecule has 3 N–H and O–H groups in total. The molecule has 5 heteroatoms. The van der Waals surface area contributed by atoms with Crippen LogP contribution in [0.1, 0.15) is 47.3 Å². The normalized spacial score (nSPS) is 15.3. The molecule has 2 rings (SSSR count). The number of hydrogen-bond acceptors (Lipinski definition) is 4. The van der Waals surface area contributed by atoms with Gasteiger partial charge in [-0.05, 0) is 18.9 Å². The maximum atomic E-state index is 12.7. The van der Waals surface area contributed by atoms with Crippen LogP contribution in [-0.4, -0.2) is 41.7 Å². The molecule has 114 valence electrons. The SMILES string of the molecule is NCC#Cc1cc(C(=O)N(CCO)C2CCCCC2)cs1. The molecule has 0 radical (unpaired) electrons. The van der Waals surface area contributed by atoms with Gasteiger partial charge in [0.1, 0.15) is 0 Å². The van der Waals surface area contributed by atoms with Crippen molar-refractivity contribution < 1.29 is 9.90 Å². The fraction of sp³-hybridized carbons (Fsp3) is 0.562. The van der Waals surface area contributed by atoms with Crippen molar-refractivity contribution in [1.29, 1.82) is 0 Å². The largest absolute Gasteiger partial charge is 0.395 e. The zero-order valence-electron chi connectivity index (χ0n) is 12.2. The van der Waals surface area contributed by atoms with Crippen molar-refractivity contribution in [3.8, 4) is 11.8 Å². The van der Waals surface area contributed by atoms with Gasteiger partial charge in [-0.3, -0.25) is 4.79 Å². The van der Waals surface area contributed by atoms with E-state index in [2.05, 4.69) is 11.8 Å². The van der Waals surface area contributed by atoms with Gasteiger partial charge >= 0.3 is 0 Å². The molecule has 1 aromatic heterocycles. The first-order valence-corrected chi connectivity index (χ1v) is 8.33. The first kappa shape index (κ1) is 16.0. The Morgan fingerprint density at radius 2 is 2.19 bits per heavy atom. The van der Waals surface area contributed by atoms with Crippen LogP contribution in [0.4, 0.5) is 0 Å². The van der Waals surface area contributed by atoms with Crippen molar-refractivity contribution in [3.05, 3.63) is 21.9 Å². The molecule has 0 aromatic carbocycles. The van der Waals surface area contributed by atoms with Gasteiger partial charge in [-0.1, -0.05) is 31.1 Å². The van der Waals surface area contributed by atoms with E-state index in [4.69, 9.17) is 5.73 Å². The second-order valence-corrected chi connectivity index (χ2v) is 6.13. The quantitative estimate of drug-likeness (QED) is 0.834. The molecule has 1 heterocycles. The Morgan fingerprint density at radius 3 is 2.86 bits per heavy atom. The summed E-state index contributed by atoms with van der Waals surface area (Å²) in [5.41, 5.74) is 6.02. The van der Waals surface area contributed by atoms with Crippen molar-refractivity contribution in [2.75, 3.05) is 19.7 Å². The third-order valence-electron chi connectivity index (χ3n) is 3.78. The lowest BCUT2D eigenvalue weighted by atomic mass is 9.94. The minimum absolute atomic E-state index is 0.00616. The van der Waals surface area contributed by atoms with Gasteiger partial charge in [0.2, 0.25) is 0 Å². The van der Waals surface area contributed by atoms with Crippen LogP contribution in [0.2, 0.25) is 0 Å². The molecule has 1 aliphatic rings. The number of hydrogen-bond donors (Lipinski definition) is 2. The first-order valence-electron chi connectivity index (χ1n) is 7.45. The van der Waals surface area contributed by atoms with E-state index < -0.39 is 0 Å². The van der Waals surface area contributed by atoms with Crippen LogP contribution in [-0.2, 0) is 0 Å². The molecule has 0 bridgehead atoms. The number of aliphatic hydroxyl groups is 1. The van der Waals surface area contributed by atoms with Crippen molar-refractivity contribution in [1.82, 2.24) is 4.90 Å². The van der Waals surface area contributed by atoms with E-state index >= 15 is 0 Å². The molecule has 0 unspecified atom stereocenters. The van der Waals surface area contributed by atoms with E-state index in [1.165, 1.54) is 17.8 Å². The smallest absolute Gasteiger partial charge is 0.255 e. The highest BCUT2D eigenvalue weighted by atomic mass is 32.1. The predicted octanol–water partition coefficient (Wildman–Crippen LogP) is 1.83. The average Bonchev–Trinajstić information content (AvgIpc) is 2.99. The molecule has 1 aliphatic carbocycles. The van der Waals surface area contributed by atoms with Crippen LogP contribution >= 0.6 is 11.3 Å². The van der Waals surface area contributed by atoms with Gasteiger partial charge in [0.15, 0.2) is 0 Å². The molecule has 0 spiro atoms. The molecular formula is C16H22N2O2S. The summed E-state index contributed by atoms with van der Waals surface area (Å²) < 4.78 is 0. The first-order chi connectivity index (χ1) is 10.3. The van der Waals surface area contributed by atoms with Gasteiger partial charge in [-0.2, -0.15) is 0 Å². The molecular weight excluding hydrogens is 284 g/mol. The van der Waals surface area contributed by atoms with Gasteiger partial charge < -0.3 is 15.7 Å². The van der Waals surface area contributed by atoms with Crippen LogP contribution in [0, 0.1) is 11.8 Å². The highest BCUT2D eigenvalue weighted by Crippen LogP contribution is 2.25. The maximum absolute atomic E-state index is 12.7. The third kappa shape index (κ3) is 4.31. The number of nitrogens with zero attached hydrogens (tertiary/aromatic N) is 1. The lowest BCUT2D eigenvalue weighted by molar-refractivity contribution is 0.0586. The number of nitrogens with two attached hydrogens (primary N) is 1. The number of amides is 1. The van der Waals surface area contributed by atoms with E-state index in [1.807, 2.05) is 16.3 Å².